The molecule has 0 spiro atoms. The molecular weight excluding hydrogens is 316 g/mol. The first-order valence-electron chi connectivity index (χ1n) is 7.32. The molecule has 0 bridgehead atoms. The molecule has 7 heteroatoms. The first-order valence-corrected chi connectivity index (χ1v) is 7.70. The molecule has 2 aromatic rings. The van der Waals surface area contributed by atoms with Crippen molar-refractivity contribution in [2.75, 3.05) is 30.3 Å². The number of hydrogen-bond donors (Lipinski definition) is 3. The van der Waals surface area contributed by atoms with Gasteiger partial charge in [-0.25, -0.2) is 9.78 Å². The number of rotatable bonds is 3. The van der Waals surface area contributed by atoms with E-state index < -0.39 is 0 Å². The van der Waals surface area contributed by atoms with Crippen molar-refractivity contribution in [3.8, 4) is 0 Å². The fourth-order valence-corrected chi connectivity index (χ4v) is 2.42. The molecule has 1 aromatic heterocycles. The maximum atomic E-state index is 11.9. The highest BCUT2D eigenvalue weighted by molar-refractivity contribution is 6.29. The number of anilines is 2. The molecule has 1 unspecified atom stereocenters. The highest BCUT2D eigenvalue weighted by Gasteiger charge is 2.15. The van der Waals surface area contributed by atoms with Crippen LogP contribution in [0.15, 0.2) is 42.6 Å². The second kappa shape index (κ2) is 7.41. The molecule has 0 aliphatic carbocycles. The Morgan fingerprint density at radius 1 is 1.17 bits per heavy atom. The van der Waals surface area contributed by atoms with Crippen LogP contribution in [0.4, 0.5) is 16.2 Å². The number of carbonyl (C=O) groups excluding carboxylic acids is 1. The van der Waals surface area contributed by atoms with Crippen molar-refractivity contribution >= 4 is 29.0 Å². The minimum atomic E-state index is -0.336. The number of hydrogen-bond acceptors (Lipinski definition) is 4. The summed E-state index contributed by atoms with van der Waals surface area (Å²) in [6, 6.07) is 10.6. The number of pyridine rings is 1. The lowest BCUT2D eigenvalue weighted by Gasteiger charge is -2.24. The number of carbonyl (C=O) groups is 1. The topological polar surface area (TPSA) is 75.3 Å². The van der Waals surface area contributed by atoms with E-state index in [4.69, 9.17) is 16.3 Å². The van der Waals surface area contributed by atoms with Crippen LogP contribution in [0.25, 0.3) is 0 Å². The minimum absolute atomic E-state index is 0.0618. The standard InChI is InChI=1S/C16H17ClN4O2/c17-15-6-5-13(9-19-15)21-16(22)20-12-3-1-11(2-4-12)14-10-18-7-8-23-14/h1-6,9,14,18H,7-8,10H2,(H2,20,21,22). The van der Waals surface area contributed by atoms with Gasteiger partial charge in [0, 0.05) is 18.8 Å². The molecule has 23 heavy (non-hydrogen) atoms. The van der Waals surface area contributed by atoms with Gasteiger partial charge < -0.3 is 20.7 Å². The molecule has 1 saturated heterocycles. The van der Waals surface area contributed by atoms with Gasteiger partial charge in [-0.3, -0.25) is 0 Å². The van der Waals surface area contributed by atoms with Crippen molar-refractivity contribution in [2.45, 2.75) is 6.10 Å². The summed E-state index contributed by atoms with van der Waals surface area (Å²) in [5, 5.41) is 9.13. The number of benzene rings is 1. The van der Waals surface area contributed by atoms with Crippen molar-refractivity contribution in [1.29, 1.82) is 0 Å². The number of aromatic nitrogens is 1. The Bertz CT molecular complexity index is 655. The summed E-state index contributed by atoms with van der Waals surface area (Å²) in [6.45, 7) is 2.40. The Morgan fingerprint density at radius 3 is 2.57 bits per heavy atom. The molecule has 1 atom stereocenters. The van der Waals surface area contributed by atoms with Gasteiger partial charge in [0.1, 0.15) is 5.15 Å². The number of nitrogens with one attached hydrogen (secondary N) is 3. The van der Waals surface area contributed by atoms with Crippen LogP contribution in [0.5, 0.6) is 0 Å². The molecule has 120 valence electrons. The fraction of sp³-hybridized carbons (Fsp3) is 0.250. The average molecular weight is 333 g/mol. The Kier molecular flexibility index (Phi) is 5.07. The van der Waals surface area contributed by atoms with E-state index in [9.17, 15) is 4.79 Å². The summed E-state index contributed by atoms with van der Waals surface area (Å²) in [5.41, 5.74) is 2.37. The normalized spacial score (nSPS) is 17.5. The van der Waals surface area contributed by atoms with Crippen molar-refractivity contribution in [3.05, 3.63) is 53.3 Å². The summed E-state index contributed by atoms with van der Waals surface area (Å²) in [7, 11) is 0. The van der Waals surface area contributed by atoms with Crippen LogP contribution < -0.4 is 16.0 Å². The van der Waals surface area contributed by atoms with E-state index >= 15 is 0 Å². The minimum Gasteiger partial charge on any atom is -0.371 e. The monoisotopic (exact) mass is 332 g/mol. The molecule has 1 aromatic carbocycles. The second-order valence-corrected chi connectivity index (χ2v) is 5.52. The van der Waals surface area contributed by atoms with Gasteiger partial charge in [0.2, 0.25) is 0 Å². The van der Waals surface area contributed by atoms with Gasteiger partial charge >= 0.3 is 6.03 Å². The van der Waals surface area contributed by atoms with E-state index in [1.165, 1.54) is 6.20 Å². The van der Waals surface area contributed by atoms with E-state index in [1.807, 2.05) is 24.3 Å². The highest BCUT2D eigenvalue weighted by Crippen LogP contribution is 2.20. The predicted octanol–water partition coefficient (Wildman–Crippen LogP) is 3.04. The average Bonchev–Trinajstić information content (AvgIpc) is 2.58. The van der Waals surface area contributed by atoms with Crippen molar-refractivity contribution in [3.63, 3.8) is 0 Å². The number of urea groups is 1. The molecule has 1 aliphatic heterocycles. The Balaban J connectivity index is 1.57. The van der Waals surface area contributed by atoms with Gasteiger partial charge in [-0.05, 0) is 29.8 Å². The smallest absolute Gasteiger partial charge is 0.323 e. The predicted molar refractivity (Wildman–Crippen MR) is 89.9 cm³/mol. The number of halogens is 1. The molecule has 3 N–H and O–H groups in total. The molecule has 2 heterocycles. The molecule has 6 nitrogen and oxygen atoms in total. The number of amides is 2. The van der Waals surface area contributed by atoms with Gasteiger partial charge in [-0.2, -0.15) is 0 Å². The van der Waals surface area contributed by atoms with Crippen LogP contribution in [0.3, 0.4) is 0 Å². The van der Waals surface area contributed by atoms with E-state index in [-0.39, 0.29) is 12.1 Å². The Morgan fingerprint density at radius 2 is 1.91 bits per heavy atom. The zero-order valence-corrected chi connectivity index (χ0v) is 13.1. The van der Waals surface area contributed by atoms with Gasteiger partial charge in [0.25, 0.3) is 0 Å². The quantitative estimate of drug-likeness (QED) is 0.755. The third kappa shape index (κ3) is 4.41. The molecular formula is C16H17ClN4O2. The van der Waals surface area contributed by atoms with Crippen molar-refractivity contribution in [2.24, 2.45) is 0 Å². The van der Waals surface area contributed by atoms with E-state index in [0.29, 0.717) is 23.1 Å². The van der Waals surface area contributed by atoms with Gasteiger partial charge in [0.05, 0.1) is 24.6 Å². The summed E-state index contributed by atoms with van der Waals surface area (Å²) >= 11 is 5.70. The molecule has 3 rings (SSSR count). The van der Waals surface area contributed by atoms with Gasteiger partial charge in [-0.1, -0.05) is 23.7 Å². The highest BCUT2D eigenvalue weighted by atomic mass is 35.5. The Hall–Kier alpha value is -2.15. The van der Waals surface area contributed by atoms with Crippen LogP contribution in [0, 0.1) is 0 Å². The maximum absolute atomic E-state index is 11.9. The molecule has 1 aliphatic rings. The summed E-state index contributed by atoms with van der Waals surface area (Å²) in [6.07, 6.45) is 1.56. The van der Waals surface area contributed by atoms with Crippen LogP contribution in [0.1, 0.15) is 11.7 Å². The van der Waals surface area contributed by atoms with Crippen LogP contribution in [0.2, 0.25) is 5.15 Å². The second-order valence-electron chi connectivity index (χ2n) is 5.13. The first-order chi connectivity index (χ1) is 11.2. The Labute approximate surface area is 139 Å². The third-order valence-corrected chi connectivity index (χ3v) is 3.68. The van der Waals surface area contributed by atoms with Crippen LogP contribution in [-0.2, 0) is 4.74 Å². The number of morpholine rings is 1. The lowest BCUT2D eigenvalue weighted by atomic mass is 10.1. The summed E-state index contributed by atoms with van der Waals surface area (Å²) in [4.78, 5) is 15.8. The summed E-state index contributed by atoms with van der Waals surface area (Å²) < 4.78 is 5.69. The molecule has 0 radical (unpaired) electrons. The lowest BCUT2D eigenvalue weighted by Crippen LogP contribution is -2.33. The molecule has 0 saturated carbocycles. The first kappa shape index (κ1) is 15.7. The fourth-order valence-electron chi connectivity index (χ4n) is 2.30. The third-order valence-electron chi connectivity index (χ3n) is 3.45. The van der Waals surface area contributed by atoms with Crippen molar-refractivity contribution < 1.29 is 9.53 Å². The van der Waals surface area contributed by atoms with Crippen LogP contribution >= 0.6 is 11.6 Å². The van der Waals surface area contributed by atoms with E-state index in [1.54, 1.807) is 12.1 Å². The number of ether oxygens (including phenoxy) is 1. The van der Waals surface area contributed by atoms with E-state index in [2.05, 4.69) is 20.9 Å². The SMILES string of the molecule is O=C(Nc1ccc(C2CNCCO2)cc1)Nc1ccc(Cl)nc1. The number of nitrogens with zero attached hydrogens (tertiary/aromatic N) is 1. The van der Waals surface area contributed by atoms with Gasteiger partial charge in [0.15, 0.2) is 0 Å². The van der Waals surface area contributed by atoms with Crippen molar-refractivity contribution in [1.82, 2.24) is 10.3 Å². The zero-order chi connectivity index (χ0) is 16.1. The molecule has 2 amide bonds. The lowest BCUT2D eigenvalue weighted by molar-refractivity contribution is 0.0277. The largest absolute Gasteiger partial charge is 0.371 e. The van der Waals surface area contributed by atoms with Gasteiger partial charge in [-0.15, -0.1) is 0 Å². The van der Waals surface area contributed by atoms with Crippen LogP contribution in [-0.4, -0.2) is 30.7 Å². The molecule has 1 fully saturated rings. The summed E-state index contributed by atoms with van der Waals surface area (Å²) in [5.74, 6) is 0. The maximum Gasteiger partial charge on any atom is 0.323 e. The van der Waals surface area contributed by atoms with E-state index in [0.717, 1.165) is 18.7 Å². The zero-order valence-electron chi connectivity index (χ0n) is 12.4.